The third-order valence-electron chi connectivity index (χ3n) is 3.12. The lowest BCUT2D eigenvalue weighted by atomic mass is 10.0. The van der Waals surface area contributed by atoms with Gasteiger partial charge in [-0.15, -0.1) is 0 Å². The second-order valence-corrected chi connectivity index (χ2v) is 4.92. The molecule has 0 bridgehead atoms. The molecule has 17 heavy (non-hydrogen) atoms. The van der Waals surface area contributed by atoms with Gasteiger partial charge >= 0.3 is 0 Å². The number of nitrogens with zero attached hydrogens (tertiary/aromatic N) is 3. The number of nitrogen functional groups attached to an aromatic ring is 1. The monoisotopic (exact) mass is 246 g/mol. The molecule has 1 aromatic carbocycles. The van der Waals surface area contributed by atoms with E-state index in [1.54, 1.807) is 0 Å². The fourth-order valence-corrected chi connectivity index (χ4v) is 2.86. The van der Waals surface area contributed by atoms with Crippen molar-refractivity contribution in [3.8, 4) is 0 Å². The van der Waals surface area contributed by atoms with E-state index in [0.29, 0.717) is 5.95 Å². The fourth-order valence-electron chi connectivity index (χ4n) is 2.21. The van der Waals surface area contributed by atoms with Gasteiger partial charge in [-0.25, -0.2) is 0 Å². The molecule has 5 heteroatoms. The zero-order valence-electron chi connectivity index (χ0n) is 9.47. The van der Waals surface area contributed by atoms with E-state index in [1.165, 1.54) is 22.7 Å². The van der Waals surface area contributed by atoms with Crippen molar-refractivity contribution in [1.82, 2.24) is 9.36 Å². The summed E-state index contributed by atoms with van der Waals surface area (Å²) in [6.07, 6.45) is 2.13. The van der Waals surface area contributed by atoms with Crippen LogP contribution in [0.15, 0.2) is 24.3 Å². The summed E-state index contributed by atoms with van der Waals surface area (Å²) >= 11 is 1.38. The van der Waals surface area contributed by atoms with Crippen LogP contribution < -0.4 is 10.6 Å². The number of nitrogens with two attached hydrogens (primary N) is 1. The Morgan fingerprint density at radius 1 is 1.12 bits per heavy atom. The Hall–Kier alpha value is -1.62. The molecule has 0 atom stereocenters. The van der Waals surface area contributed by atoms with E-state index in [-0.39, 0.29) is 0 Å². The maximum atomic E-state index is 5.57. The van der Waals surface area contributed by atoms with Crippen LogP contribution in [-0.2, 0) is 12.8 Å². The standard InChI is InChI=1S/C12H14N4S/c13-11-14-12(17-15-11)16-7-5-9-3-1-2-4-10(9)6-8-16/h1-4H,5-8H2,(H2,13,15). The highest BCUT2D eigenvalue weighted by molar-refractivity contribution is 7.09. The quantitative estimate of drug-likeness (QED) is 0.832. The van der Waals surface area contributed by atoms with Gasteiger partial charge in [-0.2, -0.15) is 9.36 Å². The van der Waals surface area contributed by atoms with Crippen molar-refractivity contribution >= 4 is 22.6 Å². The van der Waals surface area contributed by atoms with E-state index < -0.39 is 0 Å². The predicted molar refractivity (Wildman–Crippen MR) is 70.4 cm³/mol. The minimum atomic E-state index is 0.381. The molecule has 4 nitrogen and oxygen atoms in total. The molecule has 2 N–H and O–H groups in total. The van der Waals surface area contributed by atoms with Crippen molar-refractivity contribution in [3.63, 3.8) is 0 Å². The average molecular weight is 246 g/mol. The first-order valence-corrected chi connectivity index (χ1v) is 6.51. The second kappa shape index (κ2) is 4.33. The van der Waals surface area contributed by atoms with Gasteiger partial charge in [0, 0.05) is 24.6 Å². The lowest BCUT2D eigenvalue weighted by molar-refractivity contribution is 0.802. The third kappa shape index (κ3) is 2.10. The van der Waals surface area contributed by atoms with E-state index in [9.17, 15) is 0 Å². The molecule has 0 amide bonds. The molecule has 0 saturated heterocycles. The highest BCUT2D eigenvalue weighted by Gasteiger charge is 2.16. The van der Waals surface area contributed by atoms with Crippen molar-refractivity contribution in [2.24, 2.45) is 0 Å². The summed E-state index contributed by atoms with van der Waals surface area (Å²) < 4.78 is 4.04. The molecule has 88 valence electrons. The van der Waals surface area contributed by atoms with Crippen LogP contribution in [0.3, 0.4) is 0 Å². The van der Waals surface area contributed by atoms with Crippen LogP contribution in [0.4, 0.5) is 11.1 Å². The van der Waals surface area contributed by atoms with Gasteiger partial charge < -0.3 is 10.6 Å². The number of aromatic nitrogens is 2. The summed E-state index contributed by atoms with van der Waals surface area (Å²) in [4.78, 5) is 6.52. The number of hydrogen-bond donors (Lipinski definition) is 1. The Labute approximate surface area is 104 Å². The number of rotatable bonds is 1. The zero-order chi connectivity index (χ0) is 11.7. The molecular weight excluding hydrogens is 232 g/mol. The van der Waals surface area contributed by atoms with Gasteiger partial charge in [0.15, 0.2) is 0 Å². The molecule has 1 aliphatic heterocycles. The van der Waals surface area contributed by atoms with Gasteiger partial charge in [0.05, 0.1) is 0 Å². The highest BCUT2D eigenvalue weighted by atomic mass is 32.1. The SMILES string of the molecule is Nc1nsc(N2CCc3ccccc3CC2)n1. The Balaban J connectivity index is 1.81. The molecule has 2 heterocycles. The maximum absolute atomic E-state index is 5.57. The van der Waals surface area contributed by atoms with E-state index in [0.717, 1.165) is 31.1 Å². The smallest absolute Gasteiger partial charge is 0.233 e. The van der Waals surface area contributed by atoms with Crippen molar-refractivity contribution in [2.45, 2.75) is 12.8 Å². The second-order valence-electron chi connectivity index (χ2n) is 4.19. The summed E-state index contributed by atoms with van der Waals surface area (Å²) in [5, 5.41) is 0.940. The number of anilines is 2. The average Bonchev–Trinajstić information content (AvgIpc) is 2.66. The first-order chi connectivity index (χ1) is 8.33. The Bertz CT molecular complexity index is 496. The molecule has 0 aliphatic carbocycles. The largest absolute Gasteiger partial charge is 0.367 e. The van der Waals surface area contributed by atoms with Crippen molar-refractivity contribution in [3.05, 3.63) is 35.4 Å². The molecule has 1 aromatic heterocycles. The zero-order valence-corrected chi connectivity index (χ0v) is 10.3. The first kappa shape index (κ1) is 10.5. The molecule has 0 unspecified atom stereocenters. The van der Waals surface area contributed by atoms with Crippen LogP contribution in [0.1, 0.15) is 11.1 Å². The molecule has 3 rings (SSSR count). The van der Waals surface area contributed by atoms with Gasteiger partial charge in [-0.1, -0.05) is 24.3 Å². The molecule has 0 spiro atoms. The molecule has 2 aromatic rings. The molecule has 0 saturated carbocycles. The van der Waals surface area contributed by atoms with Crippen LogP contribution in [0, 0.1) is 0 Å². The summed E-state index contributed by atoms with van der Waals surface area (Å²) in [6.45, 7) is 1.98. The van der Waals surface area contributed by atoms with Gasteiger partial charge in [0.1, 0.15) is 0 Å². The first-order valence-electron chi connectivity index (χ1n) is 5.74. The Kier molecular flexibility index (Phi) is 2.68. The topological polar surface area (TPSA) is 55.0 Å². The fraction of sp³-hybridized carbons (Fsp3) is 0.333. The van der Waals surface area contributed by atoms with Crippen LogP contribution in [0.5, 0.6) is 0 Å². The van der Waals surface area contributed by atoms with E-state index in [2.05, 4.69) is 38.5 Å². The van der Waals surface area contributed by atoms with E-state index >= 15 is 0 Å². The van der Waals surface area contributed by atoms with Crippen molar-refractivity contribution in [1.29, 1.82) is 0 Å². The number of benzene rings is 1. The van der Waals surface area contributed by atoms with E-state index in [4.69, 9.17) is 5.73 Å². The molecule has 1 aliphatic rings. The minimum Gasteiger partial charge on any atom is -0.367 e. The normalized spacial score (nSPS) is 15.4. The van der Waals surface area contributed by atoms with Crippen molar-refractivity contribution < 1.29 is 0 Å². The third-order valence-corrected chi connectivity index (χ3v) is 3.91. The molecule has 0 fully saturated rings. The minimum absolute atomic E-state index is 0.381. The van der Waals surface area contributed by atoms with Gasteiger partial charge in [0.2, 0.25) is 11.1 Å². The molecular formula is C12H14N4S. The predicted octanol–water partition coefficient (Wildman–Crippen LogP) is 1.73. The number of hydrogen-bond acceptors (Lipinski definition) is 5. The summed E-state index contributed by atoms with van der Waals surface area (Å²) in [6, 6.07) is 8.65. The summed E-state index contributed by atoms with van der Waals surface area (Å²) in [5.41, 5.74) is 8.47. The highest BCUT2D eigenvalue weighted by Crippen LogP contribution is 2.22. The summed E-state index contributed by atoms with van der Waals surface area (Å²) in [5.74, 6) is 0.381. The Morgan fingerprint density at radius 3 is 2.29 bits per heavy atom. The van der Waals surface area contributed by atoms with Crippen LogP contribution in [0.2, 0.25) is 0 Å². The van der Waals surface area contributed by atoms with Gasteiger partial charge in [0.25, 0.3) is 0 Å². The van der Waals surface area contributed by atoms with Crippen LogP contribution in [0.25, 0.3) is 0 Å². The summed E-state index contributed by atoms with van der Waals surface area (Å²) in [7, 11) is 0. The van der Waals surface area contributed by atoms with E-state index in [1.807, 2.05) is 0 Å². The lowest BCUT2D eigenvalue weighted by Crippen LogP contribution is -2.25. The lowest BCUT2D eigenvalue weighted by Gasteiger charge is -2.17. The Morgan fingerprint density at radius 2 is 1.76 bits per heavy atom. The molecule has 0 radical (unpaired) electrons. The maximum Gasteiger partial charge on any atom is 0.233 e. The number of fused-ring (bicyclic) bond motifs is 1. The van der Waals surface area contributed by atoms with Crippen LogP contribution in [-0.4, -0.2) is 22.4 Å². The van der Waals surface area contributed by atoms with Gasteiger partial charge in [-0.05, 0) is 24.0 Å². The van der Waals surface area contributed by atoms with Gasteiger partial charge in [-0.3, -0.25) is 0 Å². The van der Waals surface area contributed by atoms with Crippen LogP contribution >= 0.6 is 11.5 Å². The van der Waals surface area contributed by atoms with Crippen molar-refractivity contribution in [2.75, 3.05) is 23.7 Å².